The Morgan fingerprint density at radius 1 is 1.17 bits per heavy atom. The van der Waals surface area contributed by atoms with Gasteiger partial charge in [0.2, 0.25) is 0 Å². The van der Waals surface area contributed by atoms with E-state index in [1.807, 2.05) is 13.8 Å². The van der Waals surface area contributed by atoms with E-state index in [4.69, 9.17) is 4.74 Å². The quantitative estimate of drug-likeness (QED) is 0.719. The molecule has 0 unspecified atom stereocenters. The molecule has 0 atom stereocenters. The van der Waals surface area contributed by atoms with Crippen LogP contribution >= 0.6 is 0 Å². The highest BCUT2D eigenvalue weighted by molar-refractivity contribution is 5.23. The summed E-state index contributed by atoms with van der Waals surface area (Å²) >= 11 is 0. The maximum atomic E-state index is 12.3. The van der Waals surface area contributed by atoms with Crippen LogP contribution in [0.4, 0.5) is 8.78 Å². The molecule has 0 saturated heterocycles. The van der Waals surface area contributed by atoms with Gasteiger partial charge in [0.1, 0.15) is 0 Å². The minimum Gasteiger partial charge on any atom is -0.379 e. The van der Waals surface area contributed by atoms with Crippen LogP contribution in [-0.2, 0) is 11.3 Å². The molecular weight excluding hydrogens is 236 g/mol. The molecule has 0 amide bonds. The third-order valence-electron chi connectivity index (χ3n) is 2.51. The smallest absolute Gasteiger partial charge is 0.263 e. The SMILES string of the molecule is CC(C)OCCCNCc1ccc(C(F)F)cc1. The summed E-state index contributed by atoms with van der Waals surface area (Å²) in [5, 5.41) is 3.26. The van der Waals surface area contributed by atoms with Crippen molar-refractivity contribution in [3.8, 4) is 0 Å². The number of benzene rings is 1. The second-order valence-corrected chi connectivity index (χ2v) is 4.49. The van der Waals surface area contributed by atoms with Crippen LogP contribution in [0.2, 0.25) is 0 Å². The second kappa shape index (κ2) is 8.16. The van der Waals surface area contributed by atoms with Crippen molar-refractivity contribution in [1.82, 2.24) is 5.32 Å². The van der Waals surface area contributed by atoms with Crippen LogP contribution in [0.3, 0.4) is 0 Å². The van der Waals surface area contributed by atoms with Gasteiger partial charge in [-0.15, -0.1) is 0 Å². The molecule has 0 spiro atoms. The van der Waals surface area contributed by atoms with Gasteiger partial charge in [-0.3, -0.25) is 0 Å². The zero-order chi connectivity index (χ0) is 13.4. The number of ether oxygens (including phenoxy) is 1. The zero-order valence-electron chi connectivity index (χ0n) is 11.0. The van der Waals surface area contributed by atoms with E-state index >= 15 is 0 Å². The molecule has 102 valence electrons. The lowest BCUT2D eigenvalue weighted by atomic mass is 10.1. The van der Waals surface area contributed by atoms with Crippen LogP contribution in [0.25, 0.3) is 0 Å². The lowest BCUT2D eigenvalue weighted by Crippen LogP contribution is -2.17. The molecule has 2 nitrogen and oxygen atoms in total. The molecule has 1 aromatic rings. The molecule has 1 rings (SSSR count). The minimum atomic E-state index is -2.39. The lowest BCUT2D eigenvalue weighted by molar-refractivity contribution is 0.0770. The predicted octanol–water partition coefficient (Wildman–Crippen LogP) is 3.53. The topological polar surface area (TPSA) is 21.3 Å². The van der Waals surface area contributed by atoms with Crippen molar-refractivity contribution in [2.75, 3.05) is 13.2 Å². The maximum absolute atomic E-state index is 12.3. The number of alkyl halides is 2. The fourth-order valence-electron chi connectivity index (χ4n) is 1.53. The van der Waals surface area contributed by atoms with Crippen LogP contribution in [0.5, 0.6) is 0 Å². The number of rotatable bonds is 8. The molecule has 0 aliphatic heterocycles. The molecule has 0 aliphatic carbocycles. The first kappa shape index (κ1) is 15.1. The molecule has 0 heterocycles. The van der Waals surface area contributed by atoms with Crippen molar-refractivity contribution >= 4 is 0 Å². The van der Waals surface area contributed by atoms with E-state index in [1.54, 1.807) is 12.1 Å². The van der Waals surface area contributed by atoms with Crippen molar-refractivity contribution in [3.63, 3.8) is 0 Å². The summed E-state index contributed by atoms with van der Waals surface area (Å²) in [4.78, 5) is 0. The summed E-state index contributed by atoms with van der Waals surface area (Å²) in [5.41, 5.74) is 1.09. The van der Waals surface area contributed by atoms with Crippen molar-refractivity contribution in [3.05, 3.63) is 35.4 Å². The first-order valence-electron chi connectivity index (χ1n) is 6.29. The predicted molar refractivity (Wildman–Crippen MR) is 68.8 cm³/mol. The molecule has 0 saturated carbocycles. The zero-order valence-corrected chi connectivity index (χ0v) is 11.0. The van der Waals surface area contributed by atoms with Crippen LogP contribution in [0.15, 0.2) is 24.3 Å². The van der Waals surface area contributed by atoms with Gasteiger partial charge in [-0.2, -0.15) is 0 Å². The third-order valence-corrected chi connectivity index (χ3v) is 2.51. The van der Waals surface area contributed by atoms with E-state index in [1.165, 1.54) is 12.1 Å². The summed E-state index contributed by atoms with van der Waals surface area (Å²) in [5.74, 6) is 0. The van der Waals surface area contributed by atoms with Gasteiger partial charge in [0, 0.05) is 18.7 Å². The standard InChI is InChI=1S/C14H21F2NO/c1-11(2)18-9-3-8-17-10-12-4-6-13(7-5-12)14(15)16/h4-7,11,14,17H,3,8-10H2,1-2H3. The number of halogens is 2. The average molecular weight is 257 g/mol. The van der Waals surface area contributed by atoms with Gasteiger partial charge in [0.15, 0.2) is 0 Å². The Labute approximate surface area is 107 Å². The van der Waals surface area contributed by atoms with E-state index in [0.717, 1.165) is 25.1 Å². The number of nitrogens with one attached hydrogen (secondary N) is 1. The first-order valence-corrected chi connectivity index (χ1v) is 6.29. The van der Waals surface area contributed by atoms with Crippen LogP contribution in [0.1, 0.15) is 37.8 Å². The first-order chi connectivity index (χ1) is 8.59. The molecule has 0 fully saturated rings. The maximum Gasteiger partial charge on any atom is 0.263 e. The highest BCUT2D eigenvalue weighted by atomic mass is 19.3. The van der Waals surface area contributed by atoms with Crippen molar-refractivity contribution < 1.29 is 13.5 Å². The third kappa shape index (κ3) is 6.07. The summed E-state index contributed by atoms with van der Waals surface area (Å²) in [6, 6.07) is 6.42. The second-order valence-electron chi connectivity index (χ2n) is 4.49. The molecule has 4 heteroatoms. The highest BCUT2D eigenvalue weighted by Gasteiger charge is 2.05. The van der Waals surface area contributed by atoms with E-state index in [0.29, 0.717) is 6.54 Å². The lowest BCUT2D eigenvalue weighted by Gasteiger charge is -2.08. The van der Waals surface area contributed by atoms with Crippen molar-refractivity contribution in [2.24, 2.45) is 0 Å². The Balaban J connectivity index is 2.15. The molecule has 1 N–H and O–H groups in total. The van der Waals surface area contributed by atoms with E-state index in [2.05, 4.69) is 5.32 Å². The van der Waals surface area contributed by atoms with Crippen LogP contribution < -0.4 is 5.32 Å². The largest absolute Gasteiger partial charge is 0.379 e. The highest BCUT2D eigenvalue weighted by Crippen LogP contribution is 2.18. The van der Waals surface area contributed by atoms with Gasteiger partial charge in [-0.25, -0.2) is 8.78 Å². The Bertz CT molecular complexity index is 325. The Morgan fingerprint density at radius 2 is 1.83 bits per heavy atom. The van der Waals surface area contributed by atoms with Crippen molar-refractivity contribution in [1.29, 1.82) is 0 Å². The van der Waals surface area contributed by atoms with E-state index in [-0.39, 0.29) is 11.7 Å². The van der Waals surface area contributed by atoms with Gasteiger partial charge in [-0.05, 0) is 32.4 Å². The van der Waals surface area contributed by atoms with Crippen LogP contribution in [0, 0.1) is 0 Å². The molecule has 0 aromatic heterocycles. The van der Waals surface area contributed by atoms with Gasteiger partial charge in [0.25, 0.3) is 6.43 Å². The Morgan fingerprint density at radius 3 is 2.39 bits per heavy atom. The Hall–Kier alpha value is -1.00. The van der Waals surface area contributed by atoms with Gasteiger partial charge >= 0.3 is 0 Å². The molecule has 18 heavy (non-hydrogen) atoms. The van der Waals surface area contributed by atoms with E-state index < -0.39 is 6.43 Å². The fourth-order valence-corrected chi connectivity index (χ4v) is 1.53. The number of hydrogen-bond donors (Lipinski definition) is 1. The van der Waals surface area contributed by atoms with Gasteiger partial charge in [0.05, 0.1) is 6.10 Å². The molecule has 0 aliphatic rings. The molecular formula is C14H21F2NO. The van der Waals surface area contributed by atoms with Gasteiger partial charge < -0.3 is 10.1 Å². The average Bonchev–Trinajstić information content (AvgIpc) is 2.34. The molecule has 0 bridgehead atoms. The number of hydrogen-bond acceptors (Lipinski definition) is 2. The van der Waals surface area contributed by atoms with E-state index in [9.17, 15) is 8.78 Å². The van der Waals surface area contributed by atoms with Crippen LogP contribution in [-0.4, -0.2) is 19.3 Å². The Kier molecular flexibility index (Phi) is 6.83. The van der Waals surface area contributed by atoms with Gasteiger partial charge in [-0.1, -0.05) is 24.3 Å². The summed E-state index contributed by atoms with van der Waals surface area (Å²) < 4.78 is 30.1. The molecule has 1 aromatic carbocycles. The monoisotopic (exact) mass is 257 g/mol. The minimum absolute atomic E-state index is 0.0732. The summed E-state index contributed by atoms with van der Waals surface area (Å²) in [6.07, 6.45) is -1.17. The fraction of sp³-hybridized carbons (Fsp3) is 0.571. The summed E-state index contributed by atoms with van der Waals surface area (Å²) in [6.45, 7) is 6.33. The summed E-state index contributed by atoms with van der Waals surface area (Å²) in [7, 11) is 0. The normalized spacial score (nSPS) is 11.4. The van der Waals surface area contributed by atoms with Crippen molar-refractivity contribution in [2.45, 2.75) is 39.3 Å². The molecule has 0 radical (unpaired) electrons.